The minimum absolute atomic E-state index is 0.647. The summed E-state index contributed by atoms with van der Waals surface area (Å²) in [6, 6.07) is 0.647. The van der Waals surface area contributed by atoms with Crippen molar-refractivity contribution in [2.75, 3.05) is 26.3 Å². The molecule has 0 heterocycles. The monoisotopic (exact) mass is 287 g/mol. The first kappa shape index (κ1) is 22.2. The Kier molecular flexibility index (Phi) is 17.0. The van der Waals surface area contributed by atoms with Crippen molar-refractivity contribution < 1.29 is 4.74 Å². The standard InChI is InChI=1S/C16H35NO.C2H6/c1-14(2)9-7-11-18-12-8-10-17(16(5)6)13-15(3)4;1-2/h14-16H,7-13H2,1-6H3;1-2H3. The van der Waals surface area contributed by atoms with E-state index in [4.69, 9.17) is 4.74 Å². The molecule has 0 aliphatic carbocycles. The van der Waals surface area contributed by atoms with Crippen molar-refractivity contribution in [1.29, 1.82) is 0 Å². The van der Waals surface area contributed by atoms with Crippen molar-refractivity contribution in [3.63, 3.8) is 0 Å². The summed E-state index contributed by atoms with van der Waals surface area (Å²) in [4.78, 5) is 2.56. The first-order valence-electron chi connectivity index (χ1n) is 8.75. The molecule has 0 spiro atoms. The molecule has 2 nitrogen and oxygen atoms in total. The Balaban J connectivity index is 0. The predicted octanol–water partition coefficient (Wildman–Crippen LogP) is 5.22. The largest absolute Gasteiger partial charge is 0.381 e. The minimum atomic E-state index is 0.647. The quantitative estimate of drug-likeness (QED) is 0.483. The lowest BCUT2D eigenvalue weighted by molar-refractivity contribution is 0.107. The molecule has 0 radical (unpaired) electrons. The molecule has 0 unspecified atom stereocenters. The molecule has 0 saturated heterocycles. The molecule has 20 heavy (non-hydrogen) atoms. The molecular formula is C18H41NO. The van der Waals surface area contributed by atoms with Crippen LogP contribution in [0.1, 0.15) is 74.7 Å². The summed E-state index contributed by atoms with van der Waals surface area (Å²) in [5, 5.41) is 0. The van der Waals surface area contributed by atoms with E-state index in [-0.39, 0.29) is 0 Å². The molecule has 2 heteroatoms. The predicted molar refractivity (Wildman–Crippen MR) is 92.4 cm³/mol. The highest BCUT2D eigenvalue weighted by Crippen LogP contribution is 2.06. The summed E-state index contributed by atoms with van der Waals surface area (Å²) in [6.07, 6.45) is 3.65. The zero-order valence-electron chi connectivity index (χ0n) is 15.5. The molecule has 0 fully saturated rings. The average Bonchev–Trinajstić information content (AvgIpc) is 2.37. The molecule has 0 aromatic rings. The van der Waals surface area contributed by atoms with E-state index < -0.39 is 0 Å². The van der Waals surface area contributed by atoms with Gasteiger partial charge in [0.25, 0.3) is 0 Å². The zero-order chi connectivity index (χ0) is 16.0. The molecular weight excluding hydrogens is 246 g/mol. The number of hydrogen-bond donors (Lipinski definition) is 0. The van der Waals surface area contributed by atoms with Crippen LogP contribution < -0.4 is 0 Å². The van der Waals surface area contributed by atoms with E-state index in [0.29, 0.717) is 6.04 Å². The number of nitrogens with zero attached hydrogens (tertiary/aromatic N) is 1. The lowest BCUT2D eigenvalue weighted by atomic mass is 10.1. The first-order chi connectivity index (χ1) is 9.43. The zero-order valence-corrected chi connectivity index (χ0v) is 15.5. The second-order valence-electron chi connectivity index (χ2n) is 6.48. The molecule has 0 aliphatic heterocycles. The van der Waals surface area contributed by atoms with Gasteiger partial charge < -0.3 is 9.64 Å². The number of rotatable bonds is 11. The van der Waals surface area contributed by atoms with Crippen LogP contribution in [0.15, 0.2) is 0 Å². The summed E-state index contributed by atoms with van der Waals surface area (Å²) in [6.45, 7) is 21.9. The van der Waals surface area contributed by atoms with Gasteiger partial charge in [0, 0.05) is 32.3 Å². The van der Waals surface area contributed by atoms with Crippen LogP contribution in [-0.4, -0.2) is 37.2 Å². The first-order valence-corrected chi connectivity index (χ1v) is 8.75. The molecule has 0 aliphatic rings. The number of hydrogen-bond acceptors (Lipinski definition) is 2. The molecule has 0 N–H and O–H groups in total. The maximum atomic E-state index is 5.69. The van der Waals surface area contributed by atoms with Gasteiger partial charge in [-0.2, -0.15) is 0 Å². The van der Waals surface area contributed by atoms with Crippen LogP contribution in [-0.2, 0) is 4.74 Å². The Labute approximate surface area is 129 Å². The fourth-order valence-electron chi connectivity index (χ4n) is 2.09. The summed E-state index contributed by atoms with van der Waals surface area (Å²) in [5.41, 5.74) is 0. The Morgan fingerprint density at radius 3 is 1.80 bits per heavy atom. The Bertz CT molecular complexity index is 178. The van der Waals surface area contributed by atoms with E-state index in [1.807, 2.05) is 13.8 Å². The van der Waals surface area contributed by atoms with Crippen molar-refractivity contribution in [3.05, 3.63) is 0 Å². The van der Waals surface area contributed by atoms with Gasteiger partial charge in [0.05, 0.1) is 0 Å². The van der Waals surface area contributed by atoms with E-state index in [1.165, 1.54) is 25.9 Å². The van der Waals surface area contributed by atoms with Crippen molar-refractivity contribution in [3.8, 4) is 0 Å². The smallest absolute Gasteiger partial charge is 0.0478 e. The van der Waals surface area contributed by atoms with E-state index in [2.05, 4.69) is 46.4 Å². The molecule has 0 saturated carbocycles. The topological polar surface area (TPSA) is 12.5 Å². The Morgan fingerprint density at radius 1 is 0.800 bits per heavy atom. The third-order valence-electron chi connectivity index (χ3n) is 3.13. The van der Waals surface area contributed by atoms with Gasteiger partial charge in [-0.05, 0) is 44.9 Å². The maximum Gasteiger partial charge on any atom is 0.0478 e. The van der Waals surface area contributed by atoms with Crippen molar-refractivity contribution in [2.24, 2.45) is 11.8 Å². The number of ether oxygens (including phenoxy) is 1. The van der Waals surface area contributed by atoms with Gasteiger partial charge in [-0.15, -0.1) is 0 Å². The van der Waals surface area contributed by atoms with Crippen LogP contribution in [0.25, 0.3) is 0 Å². The second kappa shape index (κ2) is 15.3. The van der Waals surface area contributed by atoms with Crippen LogP contribution in [0.2, 0.25) is 0 Å². The Hall–Kier alpha value is -0.0800. The van der Waals surface area contributed by atoms with Crippen molar-refractivity contribution >= 4 is 0 Å². The lowest BCUT2D eigenvalue weighted by Crippen LogP contribution is -2.35. The van der Waals surface area contributed by atoms with Gasteiger partial charge >= 0.3 is 0 Å². The van der Waals surface area contributed by atoms with Crippen LogP contribution in [0, 0.1) is 11.8 Å². The van der Waals surface area contributed by atoms with Crippen LogP contribution in [0.5, 0.6) is 0 Å². The summed E-state index contributed by atoms with van der Waals surface area (Å²) in [5.74, 6) is 1.55. The van der Waals surface area contributed by atoms with Gasteiger partial charge in [-0.25, -0.2) is 0 Å². The van der Waals surface area contributed by atoms with E-state index in [9.17, 15) is 0 Å². The van der Waals surface area contributed by atoms with E-state index in [1.54, 1.807) is 0 Å². The Morgan fingerprint density at radius 2 is 1.35 bits per heavy atom. The summed E-state index contributed by atoms with van der Waals surface area (Å²) >= 11 is 0. The van der Waals surface area contributed by atoms with Crippen molar-refractivity contribution in [2.45, 2.75) is 80.7 Å². The third kappa shape index (κ3) is 16.0. The molecule has 0 aromatic carbocycles. The van der Waals surface area contributed by atoms with Gasteiger partial charge in [0.1, 0.15) is 0 Å². The second-order valence-corrected chi connectivity index (χ2v) is 6.48. The SMILES string of the molecule is CC.CC(C)CCCOCCCN(CC(C)C)C(C)C. The normalized spacial score (nSPS) is 11.4. The van der Waals surface area contributed by atoms with Gasteiger partial charge in [0.15, 0.2) is 0 Å². The fraction of sp³-hybridized carbons (Fsp3) is 1.00. The summed E-state index contributed by atoms with van der Waals surface area (Å²) < 4.78 is 5.69. The van der Waals surface area contributed by atoms with E-state index in [0.717, 1.165) is 31.5 Å². The van der Waals surface area contributed by atoms with Crippen LogP contribution in [0.3, 0.4) is 0 Å². The van der Waals surface area contributed by atoms with Crippen LogP contribution in [0.4, 0.5) is 0 Å². The highest BCUT2D eigenvalue weighted by molar-refractivity contribution is 4.64. The van der Waals surface area contributed by atoms with E-state index >= 15 is 0 Å². The van der Waals surface area contributed by atoms with Crippen molar-refractivity contribution in [1.82, 2.24) is 4.90 Å². The molecule has 0 amide bonds. The molecule has 0 bridgehead atoms. The average molecular weight is 288 g/mol. The molecule has 0 atom stereocenters. The van der Waals surface area contributed by atoms with Gasteiger partial charge in [0.2, 0.25) is 0 Å². The van der Waals surface area contributed by atoms with Crippen LogP contribution >= 0.6 is 0 Å². The third-order valence-corrected chi connectivity index (χ3v) is 3.13. The lowest BCUT2D eigenvalue weighted by Gasteiger charge is -2.28. The molecule has 0 aromatic heterocycles. The highest BCUT2D eigenvalue weighted by atomic mass is 16.5. The van der Waals surface area contributed by atoms with Gasteiger partial charge in [-0.1, -0.05) is 41.5 Å². The minimum Gasteiger partial charge on any atom is -0.381 e. The van der Waals surface area contributed by atoms with Gasteiger partial charge in [-0.3, -0.25) is 0 Å². The highest BCUT2D eigenvalue weighted by Gasteiger charge is 2.10. The fourth-order valence-corrected chi connectivity index (χ4v) is 2.09. The molecule has 124 valence electrons. The summed E-state index contributed by atoms with van der Waals surface area (Å²) in [7, 11) is 0. The maximum absolute atomic E-state index is 5.69. The molecule has 0 rings (SSSR count).